The number of fused-ring (bicyclic) bond motifs is 2. The Bertz CT molecular complexity index is 1150. The third-order valence-corrected chi connectivity index (χ3v) is 4.42. The maximum absolute atomic E-state index is 12.6. The minimum absolute atomic E-state index is 0.255. The second kappa shape index (κ2) is 7.26. The van der Waals surface area contributed by atoms with Gasteiger partial charge in [0.15, 0.2) is 11.5 Å². The predicted octanol–water partition coefficient (Wildman–Crippen LogP) is 3.90. The number of hydrogen-bond donors (Lipinski definition) is 1. The lowest BCUT2D eigenvalue weighted by atomic mass is 10.1. The fraction of sp³-hybridized carbons (Fsp3) is 0.238. The van der Waals surface area contributed by atoms with E-state index in [0.29, 0.717) is 23.8 Å². The van der Waals surface area contributed by atoms with Crippen LogP contribution in [-0.2, 0) is 6.54 Å². The molecule has 0 bridgehead atoms. The molecule has 3 aromatic heterocycles. The summed E-state index contributed by atoms with van der Waals surface area (Å²) in [5.74, 6) is 1.37. The molecule has 1 aromatic carbocycles. The largest absolute Gasteiger partial charge is 0.497 e. The molecule has 0 fully saturated rings. The number of benzene rings is 1. The van der Waals surface area contributed by atoms with Crippen molar-refractivity contribution in [1.29, 1.82) is 0 Å². The van der Waals surface area contributed by atoms with Gasteiger partial charge in [-0.3, -0.25) is 9.78 Å². The first-order valence-corrected chi connectivity index (χ1v) is 9.12. The molecule has 7 nitrogen and oxygen atoms in total. The van der Waals surface area contributed by atoms with E-state index >= 15 is 0 Å². The highest BCUT2D eigenvalue weighted by atomic mass is 16.5. The number of carbonyl (C=O) groups is 1. The third kappa shape index (κ3) is 3.38. The first-order chi connectivity index (χ1) is 13.5. The van der Waals surface area contributed by atoms with Gasteiger partial charge in [-0.25, -0.2) is 9.67 Å². The van der Waals surface area contributed by atoms with Crippen molar-refractivity contribution < 1.29 is 9.53 Å². The van der Waals surface area contributed by atoms with E-state index in [2.05, 4.69) is 29.2 Å². The van der Waals surface area contributed by atoms with Crippen molar-refractivity contribution in [2.24, 2.45) is 5.92 Å². The van der Waals surface area contributed by atoms with Crippen LogP contribution in [-0.4, -0.2) is 32.8 Å². The number of carbonyl (C=O) groups excluding carboxylic acids is 1. The molecular weight excluding hydrogens is 354 g/mol. The van der Waals surface area contributed by atoms with Gasteiger partial charge in [0.1, 0.15) is 5.75 Å². The van der Waals surface area contributed by atoms with Crippen LogP contribution in [0.4, 0.5) is 5.82 Å². The van der Waals surface area contributed by atoms with Crippen LogP contribution < -0.4 is 10.1 Å². The Hall–Kier alpha value is -3.48. The molecule has 0 radical (unpaired) electrons. The molecule has 0 saturated carbocycles. The van der Waals surface area contributed by atoms with E-state index in [9.17, 15) is 4.79 Å². The predicted molar refractivity (Wildman–Crippen MR) is 109 cm³/mol. The number of nitrogens with one attached hydrogen (secondary N) is 1. The van der Waals surface area contributed by atoms with Gasteiger partial charge >= 0.3 is 0 Å². The van der Waals surface area contributed by atoms with Gasteiger partial charge in [0.05, 0.1) is 23.6 Å². The summed E-state index contributed by atoms with van der Waals surface area (Å²) < 4.78 is 7.17. The Morgan fingerprint density at radius 2 is 2.11 bits per heavy atom. The highest BCUT2D eigenvalue weighted by Crippen LogP contribution is 2.28. The van der Waals surface area contributed by atoms with Crippen LogP contribution in [0.25, 0.3) is 21.9 Å². The number of rotatable bonds is 5. The molecule has 142 valence electrons. The van der Waals surface area contributed by atoms with Gasteiger partial charge in [0, 0.05) is 24.3 Å². The normalized spacial score (nSPS) is 11.3. The van der Waals surface area contributed by atoms with Crippen molar-refractivity contribution in [1.82, 2.24) is 19.7 Å². The summed E-state index contributed by atoms with van der Waals surface area (Å²) in [6.07, 6.45) is 3.16. The minimum atomic E-state index is -0.255. The van der Waals surface area contributed by atoms with Gasteiger partial charge in [-0.1, -0.05) is 13.8 Å². The standard InChI is InChI=1S/C21H21N5O2/c1-13(2)12-26-20-17(10-15-9-16(28-3)6-7-18(15)23-20)19(25-26)24-21(27)14-5-4-8-22-11-14/h4-11,13H,12H2,1-3H3,(H,24,25,27). The number of pyridine rings is 2. The first kappa shape index (κ1) is 17.9. The fourth-order valence-corrected chi connectivity index (χ4v) is 3.11. The maximum atomic E-state index is 12.6. The Kier molecular flexibility index (Phi) is 4.65. The second-order valence-corrected chi connectivity index (χ2v) is 7.04. The van der Waals surface area contributed by atoms with Gasteiger partial charge in [-0.2, -0.15) is 5.10 Å². The Balaban J connectivity index is 1.84. The average molecular weight is 375 g/mol. The summed E-state index contributed by atoms with van der Waals surface area (Å²) >= 11 is 0. The van der Waals surface area contributed by atoms with E-state index in [-0.39, 0.29) is 5.91 Å². The first-order valence-electron chi connectivity index (χ1n) is 9.12. The Labute approximate surface area is 162 Å². The highest BCUT2D eigenvalue weighted by Gasteiger charge is 2.17. The van der Waals surface area contributed by atoms with Crippen LogP contribution in [0.2, 0.25) is 0 Å². The molecule has 1 amide bonds. The van der Waals surface area contributed by atoms with Crippen LogP contribution in [0.15, 0.2) is 48.8 Å². The van der Waals surface area contributed by atoms with E-state index in [1.54, 1.807) is 25.4 Å². The second-order valence-electron chi connectivity index (χ2n) is 7.04. The Morgan fingerprint density at radius 3 is 2.82 bits per heavy atom. The van der Waals surface area contributed by atoms with Crippen molar-refractivity contribution >= 4 is 33.7 Å². The van der Waals surface area contributed by atoms with Gasteiger partial charge in [-0.15, -0.1) is 0 Å². The van der Waals surface area contributed by atoms with Gasteiger partial charge in [-0.05, 0) is 42.3 Å². The lowest BCUT2D eigenvalue weighted by Gasteiger charge is -2.06. The van der Waals surface area contributed by atoms with Crippen LogP contribution >= 0.6 is 0 Å². The van der Waals surface area contributed by atoms with Crippen LogP contribution in [0.1, 0.15) is 24.2 Å². The van der Waals surface area contributed by atoms with Crippen molar-refractivity contribution in [2.45, 2.75) is 20.4 Å². The molecule has 0 aliphatic heterocycles. The van der Waals surface area contributed by atoms with E-state index in [0.717, 1.165) is 27.7 Å². The zero-order chi connectivity index (χ0) is 19.7. The average Bonchev–Trinajstić information content (AvgIpc) is 3.02. The zero-order valence-electron chi connectivity index (χ0n) is 16.0. The topological polar surface area (TPSA) is 81.9 Å². The Morgan fingerprint density at radius 1 is 1.25 bits per heavy atom. The molecule has 4 rings (SSSR count). The number of ether oxygens (including phenoxy) is 1. The quantitative estimate of drug-likeness (QED) is 0.572. The lowest BCUT2D eigenvalue weighted by Crippen LogP contribution is -2.13. The number of nitrogens with zero attached hydrogens (tertiary/aromatic N) is 4. The van der Waals surface area contributed by atoms with E-state index in [1.807, 2.05) is 28.9 Å². The molecule has 0 spiro atoms. The summed E-state index contributed by atoms with van der Waals surface area (Å²) in [7, 11) is 1.63. The summed E-state index contributed by atoms with van der Waals surface area (Å²) in [6, 6.07) is 11.2. The number of amides is 1. The number of hydrogen-bond acceptors (Lipinski definition) is 5. The molecule has 0 aliphatic rings. The van der Waals surface area contributed by atoms with E-state index < -0.39 is 0 Å². The molecule has 0 aliphatic carbocycles. The third-order valence-electron chi connectivity index (χ3n) is 4.42. The summed E-state index contributed by atoms with van der Waals surface area (Å²) in [4.78, 5) is 21.4. The molecule has 0 unspecified atom stereocenters. The monoisotopic (exact) mass is 375 g/mol. The molecule has 0 saturated heterocycles. The molecular formula is C21H21N5O2. The molecule has 4 aromatic rings. The number of aromatic nitrogens is 4. The molecule has 0 atom stereocenters. The van der Waals surface area contributed by atoms with Gasteiger partial charge < -0.3 is 10.1 Å². The minimum Gasteiger partial charge on any atom is -0.497 e. The van der Waals surface area contributed by atoms with Crippen molar-refractivity contribution in [3.05, 3.63) is 54.4 Å². The fourth-order valence-electron chi connectivity index (χ4n) is 3.11. The van der Waals surface area contributed by atoms with Crippen LogP contribution in [0.3, 0.4) is 0 Å². The molecule has 7 heteroatoms. The summed E-state index contributed by atoms with van der Waals surface area (Å²) in [6.45, 7) is 4.94. The maximum Gasteiger partial charge on any atom is 0.258 e. The summed E-state index contributed by atoms with van der Waals surface area (Å²) in [5.41, 5.74) is 2.07. The van der Waals surface area contributed by atoms with E-state index in [4.69, 9.17) is 9.72 Å². The van der Waals surface area contributed by atoms with Gasteiger partial charge in [0.25, 0.3) is 5.91 Å². The molecule has 28 heavy (non-hydrogen) atoms. The van der Waals surface area contributed by atoms with E-state index in [1.165, 1.54) is 6.20 Å². The summed E-state index contributed by atoms with van der Waals surface area (Å²) in [5, 5.41) is 9.25. The highest BCUT2D eigenvalue weighted by molar-refractivity contribution is 6.08. The van der Waals surface area contributed by atoms with Crippen LogP contribution in [0.5, 0.6) is 5.75 Å². The lowest BCUT2D eigenvalue weighted by molar-refractivity contribution is 0.102. The van der Waals surface area contributed by atoms with Gasteiger partial charge in [0.2, 0.25) is 0 Å². The smallest absolute Gasteiger partial charge is 0.258 e. The SMILES string of the molecule is COc1ccc2nc3c(cc2c1)c(NC(=O)c1cccnc1)nn3CC(C)C. The van der Waals surface area contributed by atoms with Crippen molar-refractivity contribution in [3.8, 4) is 5.75 Å². The molecule has 3 heterocycles. The molecule has 1 N–H and O–H groups in total. The number of anilines is 1. The zero-order valence-corrected chi connectivity index (χ0v) is 16.0. The van der Waals surface area contributed by atoms with Crippen molar-refractivity contribution in [3.63, 3.8) is 0 Å². The van der Waals surface area contributed by atoms with Crippen molar-refractivity contribution in [2.75, 3.05) is 12.4 Å². The number of methoxy groups -OCH3 is 1. The van der Waals surface area contributed by atoms with Crippen LogP contribution in [0, 0.1) is 5.92 Å².